The van der Waals surface area contributed by atoms with Gasteiger partial charge in [0, 0.05) is 0 Å². The first-order valence-corrected chi connectivity index (χ1v) is 6.96. The number of ether oxygens (including phenoxy) is 2. The predicted octanol–water partition coefficient (Wildman–Crippen LogP) is 2.27. The molecule has 1 aromatic rings. The number of aryl methyl sites for hydroxylation is 2. The highest BCUT2D eigenvalue weighted by Gasteiger charge is 2.49. The van der Waals surface area contributed by atoms with E-state index in [-0.39, 0.29) is 18.5 Å². The second-order valence-corrected chi connectivity index (χ2v) is 5.80. The van der Waals surface area contributed by atoms with Crippen LogP contribution in [0.15, 0.2) is 12.1 Å². The van der Waals surface area contributed by atoms with Gasteiger partial charge in [0.25, 0.3) is 0 Å². The molecule has 0 aliphatic heterocycles. The predicted molar refractivity (Wildman–Crippen MR) is 77.8 cm³/mol. The summed E-state index contributed by atoms with van der Waals surface area (Å²) in [5.41, 5.74) is 8.59. The normalized spacial score (nSPS) is 17.4. The van der Waals surface area contributed by atoms with Crippen LogP contribution in [-0.2, 0) is 9.53 Å². The summed E-state index contributed by atoms with van der Waals surface area (Å²) in [7, 11) is 1.37. The molecule has 1 aliphatic rings. The van der Waals surface area contributed by atoms with Crippen LogP contribution in [-0.4, -0.2) is 25.2 Å². The van der Waals surface area contributed by atoms with Crippen LogP contribution in [0.2, 0.25) is 0 Å². The Kier molecular flexibility index (Phi) is 4.04. The summed E-state index contributed by atoms with van der Waals surface area (Å²) < 4.78 is 10.7. The summed E-state index contributed by atoms with van der Waals surface area (Å²) in [6.07, 6.45) is 1.92. The zero-order valence-corrected chi connectivity index (χ0v) is 12.7. The number of esters is 1. The Bertz CT molecular complexity index is 523. The first-order valence-electron chi connectivity index (χ1n) is 6.96. The Hall–Kier alpha value is -1.55. The molecule has 2 N–H and O–H groups in total. The number of carbonyl (C=O) groups is 1. The van der Waals surface area contributed by atoms with Gasteiger partial charge in [0.15, 0.2) is 5.54 Å². The Morgan fingerprint density at radius 1 is 1.35 bits per heavy atom. The zero-order valence-electron chi connectivity index (χ0n) is 12.7. The van der Waals surface area contributed by atoms with Crippen LogP contribution in [0.25, 0.3) is 0 Å². The van der Waals surface area contributed by atoms with Crippen molar-refractivity contribution in [2.45, 2.75) is 39.2 Å². The first-order chi connectivity index (χ1) is 9.38. The molecule has 4 nitrogen and oxygen atoms in total. The van der Waals surface area contributed by atoms with Gasteiger partial charge in [0.2, 0.25) is 0 Å². The molecule has 0 aromatic heterocycles. The van der Waals surface area contributed by atoms with Crippen molar-refractivity contribution in [2.24, 2.45) is 11.7 Å². The van der Waals surface area contributed by atoms with Gasteiger partial charge in [0.1, 0.15) is 12.4 Å². The quantitative estimate of drug-likeness (QED) is 0.839. The van der Waals surface area contributed by atoms with Gasteiger partial charge < -0.3 is 15.2 Å². The van der Waals surface area contributed by atoms with Crippen LogP contribution in [0, 0.1) is 26.7 Å². The smallest absolute Gasteiger partial charge is 0.329 e. The summed E-state index contributed by atoms with van der Waals surface area (Å²) >= 11 is 0. The Morgan fingerprint density at radius 2 is 2.00 bits per heavy atom. The van der Waals surface area contributed by atoms with Crippen molar-refractivity contribution >= 4 is 5.97 Å². The van der Waals surface area contributed by atoms with Crippen molar-refractivity contribution in [1.82, 2.24) is 0 Å². The van der Waals surface area contributed by atoms with E-state index >= 15 is 0 Å². The van der Waals surface area contributed by atoms with E-state index in [1.165, 1.54) is 12.7 Å². The number of hydrogen-bond acceptors (Lipinski definition) is 4. The molecule has 1 saturated carbocycles. The van der Waals surface area contributed by atoms with Crippen molar-refractivity contribution < 1.29 is 14.3 Å². The third-order valence-corrected chi connectivity index (χ3v) is 4.10. The molecule has 0 bridgehead atoms. The lowest BCUT2D eigenvalue weighted by molar-refractivity contribution is -0.149. The van der Waals surface area contributed by atoms with Gasteiger partial charge in [-0.05, 0) is 62.3 Å². The number of rotatable bonds is 5. The number of carbonyl (C=O) groups excluding carboxylic acids is 1. The van der Waals surface area contributed by atoms with Crippen LogP contribution < -0.4 is 10.5 Å². The summed E-state index contributed by atoms with van der Waals surface area (Å²) in [6.45, 7) is 6.24. The van der Waals surface area contributed by atoms with E-state index in [9.17, 15) is 4.79 Å². The molecular weight excluding hydrogens is 254 g/mol. The number of nitrogens with two attached hydrogens (primary N) is 1. The van der Waals surface area contributed by atoms with Crippen LogP contribution in [0.4, 0.5) is 0 Å². The zero-order chi connectivity index (χ0) is 14.9. The van der Waals surface area contributed by atoms with Gasteiger partial charge >= 0.3 is 5.97 Å². The molecule has 2 rings (SSSR count). The fourth-order valence-corrected chi connectivity index (χ4v) is 2.48. The monoisotopic (exact) mass is 277 g/mol. The molecule has 110 valence electrons. The lowest BCUT2D eigenvalue weighted by Crippen LogP contribution is -2.55. The molecule has 1 aliphatic carbocycles. The number of benzene rings is 1. The van der Waals surface area contributed by atoms with Gasteiger partial charge in [-0.2, -0.15) is 0 Å². The maximum atomic E-state index is 11.9. The Labute approximate surface area is 120 Å². The van der Waals surface area contributed by atoms with Crippen molar-refractivity contribution in [1.29, 1.82) is 0 Å². The topological polar surface area (TPSA) is 61.5 Å². The average molecular weight is 277 g/mol. The van der Waals surface area contributed by atoms with E-state index in [0.717, 1.165) is 29.7 Å². The molecule has 20 heavy (non-hydrogen) atoms. The second-order valence-electron chi connectivity index (χ2n) is 5.80. The van der Waals surface area contributed by atoms with E-state index < -0.39 is 5.54 Å². The van der Waals surface area contributed by atoms with E-state index in [2.05, 4.69) is 6.07 Å². The minimum absolute atomic E-state index is 0.161. The van der Waals surface area contributed by atoms with E-state index in [0.29, 0.717) is 0 Å². The van der Waals surface area contributed by atoms with Gasteiger partial charge in [-0.3, -0.25) is 0 Å². The summed E-state index contributed by atoms with van der Waals surface area (Å²) in [5.74, 6) is 0.574. The van der Waals surface area contributed by atoms with Crippen LogP contribution in [0.5, 0.6) is 5.75 Å². The van der Waals surface area contributed by atoms with Crippen LogP contribution >= 0.6 is 0 Å². The molecule has 0 radical (unpaired) electrons. The van der Waals surface area contributed by atoms with Crippen LogP contribution in [0.3, 0.4) is 0 Å². The van der Waals surface area contributed by atoms with Crippen molar-refractivity contribution in [2.75, 3.05) is 13.7 Å². The molecule has 0 spiro atoms. The highest BCUT2D eigenvalue weighted by molar-refractivity contribution is 5.81. The van der Waals surface area contributed by atoms with Crippen molar-refractivity contribution in [3.05, 3.63) is 28.8 Å². The Morgan fingerprint density at radius 3 is 2.55 bits per heavy atom. The molecule has 1 aromatic carbocycles. The molecule has 1 fully saturated rings. The molecule has 0 heterocycles. The minimum atomic E-state index is -1.03. The lowest BCUT2D eigenvalue weighted by atomic mass is 9.95. The largest absolute Gasteiger partial charge is 0.491 e. The minimum Gasteiger partial charge on any atom is -0.491 e. The highest BCUT2D eigenvalue weighted by atomic mass is 16.5. The number of methoxy groups -OCH3 is 1. The Balaban J connectivity index is 2.16. The average Bonchev–Trinajstić information content (AvgIpc) is 3.24. The number of hydrogen-bond donors (Lipinski definition) is 1. The van der Waals surface area contributed by atoms with E-state index in [4.69, 9.17) is 15.2 Å². The fourth-order valence-electron chi connectivity index (χ4n) is 2.48. The van der Waals surface area contributed by atoms with Gasteiger partial charge in [-0.1, -0.05) is 6.07 Å². The second kappa shape index (κ2) is 5.44. The van der Waals surface area contributed by atoms with Gasteiger partial charge in [0.05, 0.1) is 7.11 Å². The summed E-state index contributed by atoms with van der Waals surface area (Å²) in [6, 6.07) is 4.09. The van der Waals surface area contributed by atoms with Crippen molar-refractivity contribution in [3.63, 3.8) is 0 Å². The third kappa shape index (κ3) is 2.80. The molecular formula is C16H23NO3. The third-order valence-electron chi connectivity index (χ3n) is 4.10. The summed E-state index contributed by atoms with van der Waals surface area (Å²) in [4.78, 5) is 11.9. The fraction of sp³-hybridized carbons (Fsp3) is 0.562. The van der Waals surface area contributed by atoms with Crippen molar-refractivity contribution in [3.8, 4) is 5.75 Å². The highest BCUT2D eigenvalue weighted by Crippen LogP contribution is 2.39. The summed E-state index contributed by atoms with van der Waals surface area (Å²) in [5, 5.41) is 0. The molecule has 0 amide bonds. The van der Waals surface area contributed by atoms with Crippen LogP contribution in [0.1, 0.15) is 29.5 Å². The molecule has 4 heteroatoms. The maximum absolute atomic E-state index is 11.9. The van der Waals surface area contributed by atoms with Gasteiger partial charge in [-0.25, -0.2) is 4.79 Å². The SMILES string of the molecule is COC(=O)C(N)(COc1cc(C)cc(C)c1C)C1CC1. The first kappa shape index (κ1) is 14.9. The molecule has 1 atom stereocenters. The van der Waals surface area contributed by atoms with Gasteiger partial charge in [-0.15, -0.1) is 0 Å². The molecule has 1 unspecified atom stereocenters. The standard InChI is InChI=1S/C16H23NO3/c1-10-7-11(2)12(3)14(8-10)20-9-16(17,13-5-6-13)15(18)19-4/h7-8,13H,5-6,9,17H2,1-4H3. The lowest BCUT2D eigenvalue weighted by Gasteiger charge is -2.27. The molecule has 0 saturated heterocycles. The maximum Gasteiger partial charge on any atom is 0.329 e. The van der Waals surface area contributed by atoms with E-state index in [1.807, 2.05) is 26.8 Å². The van der Waals surface area contributed by atoms with E-state index in [1.54, 1.807) is 0 Å².